The third kappa shape index (κ3) is 4.52. The fraction of sp³-hybridized carbons (Fsp3) is 0.250. The van der Waals surface area contributed by atoms with Crippen molar-refractivity contribution in [2.75, 3.05) is 0 Å². The minimum Gasteiger partial charge on any atom is -0.487 e. The van der Waals surface area contributed by atoms with Gasteiger partial charge in [-0.1, -0.05) is 53.0 Å². The highest BCUT2D eigenvalue weighted by molar-refractivity contribution is 6.35. The molecule has 1 unspecified atom stereocenters. The van der Waals surface area contributed by atoms with E-state index in [0.717, 1.165) is 11.1 Å². The van der Waals surface area contributed by atoms with Crippen LogP contribution in [-0.2, 0) is 13.0 Å². The zero-order valence-electron chi connectivity index (χ0n) is 11.6. The fourth-order valence-corrected chi connectivity index (χ4v) is 2.72. The van der Waals surface area contributed by atoms with Gasteiger partial charge < -0.3 is 10.5 Å². The molecule has 0 spiro atoms. The maximum atomic E-state index is 6.22. The van der Waals surface area contributed by atoms with Crippen molar-refractivity contribution in [3.63, 3.8) is 0 Å². The standard InChI is InChI=1S/C16H16Cl3NO/c1-10(20)7-11-3-2-4-14(18)16(11)21-9-12-5-6-13(17)8-15(12)19/h2-6,8,10H,7,9,20H2,1H3. The Balaban J connectivity index is 2.19. The molecule has 0 saturated heterocycles. The van der Waals surface area contributed by atoms with E-state index in [4.69, 9.17) is 45.3 Å². The molecule has 0 aliphatic rings. The van der Waals surface area contributed by atoms with Gasteiger partial charge in [0.1, 0.15) is 12.4 Å². The fourth-order valence-electron chi connectivity index (χ4n) is 2.01. The number of hydrogen-bond donors (Lipinski definition) is 1. The lowest BCUT2D eigenvalue weighted by Gasteiger charge is -2.15. The van der Waals surface area contributed by atoms with Gasteiger partial charge in [0.2, 0.25) is 0 Å². The molecule has 0 fully saturated rings. The highest BCUT2D eigenvalue weighted by atomic mass is 35.5. The molecule has 2 rings (SSSR count). The Hall–Kier alpha value is -0.930. The molecule has 0 aliphatic carbocycles. The molecule has 112 valence electrons. The van der Waals surface area contributed by atoms with Crippen molar-refractivity contribution in [2.24, 2.45) is 5.73 Å². The predicted molar refractivity (Wildman–Crippen MR) is 89.6 cm³/mol. The third-order valence-electron chi connectivity index (χ3n) is 2.98. The quantitative estimate of drug-likeness (QED) is 0.817. The molecule has 2 N–H and O–H groups in total. The summed E-state index contributed by atoms with van der Waals surface area (Å²) in [6.07, 6.45) is 0.699. The number of benzene rings is 2. The summed E-state index contributed by atoms with van der Waals surface area (Å²) >= 11 is 18.2. The van der Waals surface area contributed by atoms with Crippen LogP contribution in [-0.4, -0.2) is 6.04 Å². The second-order valence-corrected chi connectivity index (χ2v) is 6.18. The Labute approximate surface area is 139 Å². The first-order valence-electron chi connectivity index (χ1n) is 6.57. The lowest BCUT2D eigenvalue weighted by molar-refractivity contribution is 0.302. The maximum Gasteiger partial charge on any atom is 0.141 e. The van der Waals surface area contributed by atoms with Gasteiger partial charge in [0.05, 0.1) is 5.02 Å². The van der Waals surface area contributed by atoms with Crippen molar-refractivity contribution < 1.29 is 4.74 Å². The van der Waals surface area contributed by atoms with E-state index in [9.17, 15) is 0 Å². The van der Waals surface area contributed by atoms with E-state index in [0.29, 0.717) is 33.8 Å². The van der Waals surface area contributed by atoms with Crippen LogP contribution in [0.25, 0.3) is 0 Å². The molecule has 2 aromatic rings. The molecule has 0 saturated carbocycles. The number of halogens is 3. The molecule has 1 atom stereocenters. The monoisotopic (exact) mass is 343 g/mol. The minimum atomic E-state index is 0.0323. The molecule has 5 heteroatoms. The average Bonchev–Trinajstić information content (AvgIpc) is 2.39. The van der Waals surface area contributed by atoms with Crippen LogP contribution >= 0.6 is 34.8 Å². The Morgan fingerprint density at radius 1 is 1.05 bits per heavy atom. The molecular weight excluding hydrogens is 329 g/mol. The SMILES string of the molecule is CC(N)Cc1cccc(Cl)c1OCc1ccc(Cl)cc1Cl. The number of ether oxygens (including phenoxy) is 1. The van der Waals surface area contributed by atoms with Crippen LogP contribution in [0, 0.1) is 0 Å². The normalized spacial score (nSPS) is 12.2. The van der Waals surface area contributed by atoms with Gasteiger partial charge in [-0.2, -0.15) is 0 Å². The number of nitrogens with two attached hydrogens (primary N) is 1. The highest BCUT2D eigenvalue weighted by Gasteiger charge is 2.11. The van der Waals surface area contributed by atoms with Crippen LogP contribution < -0.4 is 10.5 Å². The zero-order valence-corrected chi connectivity index (χ0v) is 13.8. The first kappa shape index (κ1) is 16.4. The minimum absolute atomic E-state index is 0.0323. The maximum absolute atomic E-state index is 6.22. The van der Waals surface area contributed by atoms with Gasteiger partial charge in [-0.05, 0) is 37.1 Å². The summed E-state index contributed by atoms with van der Waals surface area (Å²) in [5.41, 5.74) is 7.70. The summed E-state index contributed by atoms with van der Waals surface area (Å²) in [4.78, 5) is 0. The van der Waals surface area contributed by atoms with E-state index in [2.05, 4.69) is 0 Å². The van der Waals surface area contributed by atoms with E-state index >= 15 is 0 Å². The van der Waals surface area contributed by atoms with Crippen LogP contribution in [0.5, 0.6) is 5.75 Å². The first-order valence-corrected chi connectivity index (χ1v) is 7.70. The Morgan fingerprint density at radius 3 is 2.48 bits per heavy atom. The van der Waals surface area contributed by atoms with Crippen molar-refractivity contribution >= 4 is 34.8 Å². The number of rotatable bonds is 5. The second kappa shape index (κ2) is 7.37. The molecule has 0 aromatic heterocycles. The van der Waals surface area contributed by atoms with Gasteiger partial charge in [-0.25, -0.2) is 0 Å². The van der Waals surface area contributed by atoms with Crippen molar-refractivity contribution in [1.29, 1.82) is 0 Å². The lowest BCUT2D eigenvalue weighted by atomic mass is 10.1. The van der Waals surface area contributed by atoms with Crippen molar-refractivity contribution in [1.82, 2.24) is 0 Å². The van der Waals surface area contributed by atoms with E-state index in [-0.39, 0.29) is 6.04 Å². The summed E-state index contributed by atoms with van der Waals surface area (Å²) in [5.74, 6) is 0.655. The largest absolute Gasteiger partial charge is 0.487 e. The molecule has 0 heterocycles. The van der Waals surface area contributed by atoms with Gasteiger partial charge in [0.25, 0.3) is 0 Å². The third-order valence-corrected chi connectivity index (χ3v) is 3.86. The Morgan fingerprint density at radius 2 is 1.81 bits per heavy atom. The van der Waals surface area contributed by atoms with Gasteiger partial charge in [0.15, 0.2) is 0 Å². The Kier molecular flexibility index (Phi) is 5.77. The topological polar surface area (TPSA) is 35.2 Å². The summed E-state index contributed by atoms with van der Waals surface area (Å²) in [5, 5.41) is 1.74. The smallest absolute Gasteiger partial charge is 0.141 e. The highest BCUT2D eigenvalue weighted by Crippen LogP contribution is 2.31. The first-order chi connectivity index (χ1) is 9.97. The van der Waals surface area contributed by atoms with E-state index in [1.165, 1.54) is 0 Å². The van der Waals surface area contributed by atoms with Crippen LogP contribution in [0.2, 0.25) is 15.1 Å². The molecule has 2 nitrogen and oxygen atoms in total. The molecule has 0 bridgehead atoms. The summed E-state index contributed by atoms with van der Waals surface area (Å²) < 4.78 is 5.86. The summed E-state index contributed by atoms with van der Waals surface area (Å²) in [6, 6.07) is 11.0. The van der Waals surface area contributed by atoms with Crippen molar-refractivity contribution in [2.45, 2.75) is 26.0 Å². The van der Waals surface area contributed by atoms with Crippen LogP contribution in [0.15, 0.2) is 36.4 Å². The molecular formula is C16H16Cl3NO. The van der Waals surface area contributed by atoms with E-state index < -0.39 is 0 Å². The Bertz CT molecular complexity index is 629. The number of para-hydroxylation sites is 1. The molecule has 2 aromatic carbocycles. The van der Waals surface area contributed by atoms with Gasteiger partial charge in [-0.3, -0.25) is 0 Å². The molecule has 0 aliphatic heterocycles. The molecule has 0 radical (unpaired) electrons. The molecule has 21 heavy (non-hydrogen) atoms. The van der Waals surface area contributed by atoms with E-state index in [1.54, 1.807) is 18.2 Å². The van der Waals surface area contributed by atoms with Crippen LogP contribution in [0.3, 0.4) is 0 Å². The van der Waals surface area contributed by atoms with Gasteiger partial charge >= 0.3 is 0 Å². The van der Waals surface area contributed by atoms with Crippen molar-refractivity contribution in [3.8, 4) is 5.75 Å². The average molecular weight is 345 g/mol. The van der Waals surface area contributed by atoms with E-state index in [1.807, 2.05) is 25.1 Å². The summed E-state index contributed by atoms with van der Waals surface area (Å²) in [7, 11) is 0. The van der Waals surface area contributed by atoms with Crippen LogP contribution in [0.1, 0.15) is 18.1 Å². The lowest BCUT2D eigenvalue weighted by Crippen LogP contribution is -2.18. The second-order valence-electron chi connectivity index (χ2n) is 4.93. The molecule has 0 amide bonds. The van der Waals surface area contributed by atoms with Crippen molar-refractivity contribution in [3.05, 3.63) is 62.6 Å². The van der Waals surface area contributed by atoms with Gasteiger partial charge in [0, 0.05) is 21.7 Å². The number of hydrogen-bond acceptors (Lipinski definition) is 2. The van der Waals surface area contributed by atoms with Crippen LogP contribution in [0.4, 0.5) is 0 Å². The predicted octanol–water partition coefficient (Wildman–Crippen LogP) is 5.12. The summed E-state index contributed by atoms with van der Waals surface area (Å²) in [6.45, 7) is 2.27. The van der Waals surface area contributed by atoms with Gasteiger partial charge in [-0.15, -0.1) is 0 Å². The zero-order chi connectivity index (χ0) is 15.4.